The number of aryl methyl sites for hydroxylation is 1. The van der Waals surface area contributed by atoms with E-state index in [0.717, 1.165) is 18.7 Å². The molecule has 1 saturated heterocycles. The minimum Gasteiger partial charge on any atom is -0.379 e. The number of nitrogens with zero attached hydrogens (tertiary/aromatic N) is 2. The van der Waals surface area contributed by atoms with Crippen LogP contribution < -0.4 is 5.32 Å². The molecular weight excluding hydrogens is 382 g/mol. The van der Waals surface area contributed by atoms with E-state index in [4.69, 9.17) is 16.3 Å². The lowest BCUT2D eigenvalue weighted by Crippen LogP contribution is -2.43. The predicted octanol–water partition coefficient (Wildman–Crippen LogP) is 3.36. The highest BCUT2D eigenvalue weighted by Crippen LogP contribution is 2.24. The number of non-ortho nitro benzene ring substituents is 1. The molecule has 0 aliphatic carbocycles. The molecule has 2 aromatic carbocycles. The zero-order valence-electron chi connectivity index (χ0n) is 15.6. The fourth-order valence-corrected chi connectivity index (χ4v) is 3.51. The fourth-order valence-electron chi connectivity index (χ4n) is 3.31. The molecule has 2 aromatic rings. The molecule has 148 valence electrons. The van der Waals surface area contributed by atoms with Gasteiger partial charge in [0, 0.05) is 42.4 Å². The smallest absolute Gasteiger partial charge is 0.270 e. The van der Waals surface area contributed by atoms with Crippen molar-refractivity contribution >= 4 is 23.2 Å². The Morgan fingerprint density at radius 3 is 2.71 bits per heavy atom. The van der Waals surface area contributed by atoms with Gasteiger partial charge in [0.15, 0.2) is 0 Å². The summed E-state index contributed by atoms with van der Waals surface area (Å²) >= 11 is 6.16. The molecule has 1 heterocycles. The number of rotatable bonds is 6. The summed E-state index contributed by atoms with van der Waals surface area (Å²) in [5.74, 6) is -0.332. The van der Waals surface area contributed by atoms with Crippen LogP contribution in [0.15, 0.2) is 42.5 Å². The zero-order valence-corrected chi connectivity index (χ0v) is 16.3. The number of nitro groups is 1. The third kappa shape index (κ3) is 4.86. The number of amides is 1. The summed E-state index contributed by atoms with van der Waals surface area (Å²) in [6.07, 6.45) is 0. The summed E-state index contributed by atoms with van der Waals surface area (Å²) < 4.78 is 5.44. The molecule has 1 atom stereocenters. The van der Waals surface area contributed by atoms with Crippen molar-refractivity contribution in [2.75, 3.05) is 32.8 Å². The van der Waals surface area contributed by atoms with Crippen LogP contribution in [0, 0.1) is 17.0 Å². The first kappa shape index (κ1) is 20.3. The summed E-state index contributed by atoms with van der Waals surface area (Å²) in [4.78, 5) is 25.5. The van der Waals surface area contributed by atoms with E-state index in [-0.39, 0.29) is 17.6 Å². The second kappa shape index (κ2) is 9.14. The molecule has 7 nitrogen and oxygen atoms in total. The van der Waals surface area contributed by atoms with Gasteiger partial charge in [0.2, 0.25) is 0 Å². The second-order valence-corrected chi connectivity index (χ2v) is 7.12. The van der Waals surface area contributed by atoms with E-state index in [1.165, 1.54) is 12.1 Å². The Balaban J connectivity index is 1.79. The first-order valence-electron chi connectivity index (χ1n) is 9.06. The molecule has 0 saturated carbocycles. The van der Waals surface area contributed by atoms with Crippen molar-refractivity contribution in [2.24, 2.45) is 0 Å². The van der Waals surface area contributed by atoms with E-state index in [9.17, 15) is 14.9 Å². The summed E-state index contributed by atoms with van der Waals surface area (Å²) in [5, 5.41) is 14.6. The molecule has 1 amide bonds. The lowest BCUT2D eigenvalue weighted by atomic mass is 10.0. The molecule has 28 heavy (non-hydrogen) atoms. The number of benzene rings is 2. The highest BCUT2D eigenvalue weighted by molar-refractivity contribution is 6.30. The Kier molecular flexibility index (Phi) is 6.61. The molecule has 1 aliphatic rings. The van der Waals surface area contributed by atoms with Crippen molar-refractivity contribution in [3.8, 4) is 0 Å². The van der Waals surface area contributed by atoms with Crippen molar-refractivity contribution in [2.45, 2.75) is 13.0 Å². The van der Waals surface area contributed by atoms with Crippen LogP contribution in [0.5, 0.6) is 0 Å². The molecule has 0 bridgehead atoms. The number of morpholine rings is 1. The van der Waals surface area contributed by atoms with Gasteiger partial charge >= 0.3 is 0 Å². The standard InChI is InChI=1S/C20H22ClN3O4/c1-14-5-6-17(24(26)27)12-18(14)20(25)22-13-19(23-7-9-28-10-8-23)15-3-2-4-16(21)11-15/h2-6,11-12,19H,7-10,13H2,1H3,(H,22,25). The highest BCUT2D eigenvalue weighted by atomic mass is 35.5. The average Bonchev–Trinajstić information content (AvgIpc) is 2.69. The maximum atomic E-state index is 12.7. The fraction of sp³-hybridized carbons (Fsp3) is 0.350. The molecule has 3 rings (SSSR count). The van der Waals surface area contributed by atoms with Crippen LogP contribution in [0.1, 0.15) is 27.5 Å². The number of carbonyl (C=O) groups is 1. The molecular formula is C20H22ClN3O4. The molecule has 1 N–H and O–H groups in total. The molecule has 1 aliphatic heterocycles. The molecule has 0 aromatic heterocycles. The Labute approximate surface area is 168 Å². The van der Waals surface area contributed by atoms with Crippen molar-refractivity contribution in [3.63, 3.8) is 0 Å². The number of halogens is 1. The SMILES string of the molecule is Cc1ccc([N+](=O)[O-])cc1C(=O)NCC(c1cccc(Cl)c1)N1CCOCC1. The lowest BCUT2D eigenvalue weighted by molar-refractivity contribution is -0.384. The van der Waals surface area contributed by atoms with Gasteiger partial charge in [-0.2, -0.15) is 0 Å². The van der Waals surface area contributed by atoms with Crippen LogP contribution in [0.4, 0.5) is 5.69 Å². The highest BCUT2D eigenvalue weighted by Gasteiger charge is 2.24. The van der Waals surface area contributed by atoms with Gasteiger partial charge in [-0.3, -0.25) is 19.8 Å². The maximum Gasteiger partial charge on any atom is 0.270 e. The van der Waals surface area contributed by atoms with E-state index in [1.54, 1.807) is 13.0 Å². The van der Waals surface area contributed by atoms with Crippen LogP contribution in [0.2, 0.25) is 5.02 Å². The van der Waals surface area contributed by atoms with Crippen molar-refractivity contribution in [1.29, 1.82) is 0 Å². The van der Waals surface area contributed by atoms with Crippen molar-refractivity contribution in [1.82, 2.24) is 10.2 Å². The number of ether oxygens (including phenoxy) is 1. The van der Waals surface area contributed by atoms with Crippen LogP contribution in [0.25, 0.3) is 0 Å². The Morgan fingerprint density at radius 2 is 2.04 bits per heavy atom. The van der Waals surface area contributed by atoms with Gasteiger partial charge in [-0.05, 0) is 30.2 Å². The quantitative estimate of drug-likeness (QED) is 0.590. The predicted molar refractivity (Wildman–Crippen MR) is 107 cm³/mol. The summed E-state index contributed by atoms with van der Waals surface area (Å²) in [6, 6.07) is 11.8. The van der Waals surface area contributed by atoms with Gasteiger partial charge in [-0.15, -0.1) is 0 Å². The summed E-state index contributed by atoms with van der Waals surface area (Å²) in [5.41, 5.74) is 1.90. The van der Waals surface area contributed by atoms with Crippen molar-refractivity contribution < 1.29 is 14.5 Å². The number of hydrogen-bond acceptors (Lipinski definition) is 5. The van der Waals surface area contributed by atoms with Gasteiger partial charge in [-0.25, -0.2) is 0 Å². The monoisotopic (exact) mass is 403 g/mol. The molecule has 0 radical (unpaired) electrons. The van der Waals surface area contributed by atoms with Crippen molar-refractivity contribution in [3.05, 3.63) is 74.3 Å². The Morgan fingerprint density at radius 1 is 1.29 bits per heavy atom. The third-order valence-corrected chi connectivity index (χ3v) is 5.09. The van der Waals surface area contributed by atoms with Crippen LogP contribution in [-0.2, 0) is 4.74 Å². The molecule has 8 heteroatoms. The number of nitrogens with one attached hydrogen (secondary N) is 1. The maximum absolute atomic E-state index is 12.7. The number of nitro benzene ring substituents is 1. The molecule has 1 fully saturated rings. The van der Waals surface area contributed by atoms with Crippen LogP contribution >= 0.6 is 11.6 Å². The van der Waals surface area contributed by atoms with Gasteiger partial charge < -0.3 is 10.1 Å². The zero-order chi connectivity index (χ0) is 20.1. The van der Waals surface area contributed by atoms with Gasteiger partial charge in [0.05, 0.1) is 24.2 Å². The molecule has 0 spiro atoms. The van der Waals surface area contributed by atoms with Gasteiger partial charge in [-0.1, -0.05) is 29.8 Å². The van der Waals surface area contributed by atoms with E-state index in [2.05, 4.69) is 10.2 Å². The average molecular weight is 404 g/mol. The van der Waals surface area contributed by atoms with Gasteiger partial charge in [0.25, 0.3) is 11.6 Å². The largest absolute Gasteiger partial charge is 0.379 e. The third-order valence-electron chi connectivity index (χ3n) is 4.85. The lowest BCUT2D eigenvalue weighted by Gasteiger charge is -2.35. The first-order chi connectivity index (χ1) is 13.5. The number of hydrogen-bond donors (Lipinski definition) is 1. The first-order valence-corrected chi connectivity index (χ1v) is 9.44. The summed E-state index contributed by atoms with van der Waals surface area (Å²) in [7, 11) is 0. The van der Waals surface area contributed by atoms with E-state index in [1.807, 2.05) is 24.3 Å². The van der Waals surface area contributed by atoms with E-state index >= 15 is 0 Å². The minimum absolute atomic E-state index is 0.0643. The molecule has 1 unspecified atom stereocenters. The Hall–Kier alpha value is -2.48. The van der Waals surface area contributed by atoms with Crippen LogP contribution in [-0.4, -0.2) is 48.6 Å². The van der Waals surface area contributed by atoms with E-state index < -0.39 is 4.92 Å². The van der Waals surface area contributed by atoms with E-state index in [0.29, 0.717) is 35.9 Å². The topological polar surface area (TPSA) is 84.7 Å². The minimum atomic E-state index is -0.501. The second-order valence-electron chi connectivity index (χ2n) is 6.69. The number of carbonyl (C=O) groups excluding carboxylic acids is 1. The van der Waals surface area contributed by atoms with Gasteiger partial charge in [0.1, 0.15) is 0 Å². The normalized spacial score (nSPS) is 15.8. The van der Waals surface area contributed by atoms with Crippen LogP contribution in [0.3, 0.4) is 0 Å². The Bertz CT molecular complexity index is 868. The summed E-state index contributed by atoms with van der Waals surface area (Å²) in [6.45, 7) is 4.89.